The molecule has 1 N–H and O–H groups in total. The average Bonchev–Trinajstić information content (AvgIpc) is 2.98. The molecular formula is C36H25N. The normalized spacial score (nSPS) is 11.2. The summed E-state index contributed by atoms with van der Waals surface area (Å²) in [5, 5.41) is 11.2. The lowest BCUT2D eigenvalue weighted by Gasteiger charge is -2.15. The summed E-state index contributed by atoms with van der Waals surface area (Å²) in [6, 6.07) is 52.1. The summed E-state index contributed by atoms with van der Waals surface area (Å²) in [7, 11) is 0. The molecule has 0 aliphatic rings. The number of rotatable bonds is 4. The third-order valence-electron chi connectivity index (χ3n) is 7.23. The van der Waals surface area contributed by atoms with Gasteiger partial charge in [0.1, 0.15) is 0 Å². The van der Waals surface area contributed by atoms with Crippen molar-refractivity contribution in [1.29, 1.82) is 0 Å². The molecule has 37 heavy (non-hydrogen) atoms. The van der Waals surface area contributed by atoms with Crippen molar-refractivity contribution >= 4 is 43.7 Å². The molecule has 0 saturated carbocycles. The first-order chi connectivity index (χ1) is 18.3. The number of hydrogen-bond donors (Lipinski definition) is 1. The molecule has 0 atom stereocenters. The quantitative estimate of drug-likeness (QED) is 0.252. The molecule has 0 fully saturated rings. The van der Waals surface area contributed by atoms with Crippen molar-refractivity contribution in [3.8, 4) is 22.3 Å². The summed E-state index contributed by atoms with van der Waals surface area (Å²) in [5.74, 6) is 0. The molecule has 0 unspecified atom stereocenters. The van der Waals surface area contributed by atoms with Crippen LogP contribution in [-0.4, -0.2) is 0 Å². The molecule has 7 aromatic rings. The number of hydrogen-bond acceptors (Lipinski definition) is 1. The summed E-state index contributed by atoms with van der Waals surface area (Å²) in [5.41, 5.74) is 7.19. The van der Waals surface area contributed by atoms with Gasteiger partial charge in [0.15, 0.2) is 0 Å². The minimum Gasteiger partial charge on any atom is -0.355 e. The molecule has 7 aromatic carbocycles. The fourth-order valence-electron chi connectivity index (χ4n) is 5.47. The third kappa shape index (κ3) is 3.82. The van der Waals surface area contributed by atoms with Gasteiger partial charge in [-0.15, -0.1) is 0 Å². The highest BCUT2D eigenvalue weighted by Crippen LogP contribution is 2.38. The topological polar surface area (TPSA) is 12.0 Å². The molecule has 7 rings (SSSR count). The molecule has 0 bridgehead atoms. The smallest absolute Gasteiger partial charge is 0.0464 e. The zero-order chi connectivity index (χ0) is 24.6. The van der Waals surface area contributed by atoms with Crippen LogP contribution < -0.4 is 5.32 Å². The number of anilines is 2. The molecule has 0 aliphatic heterocycles. The van der Waals surface area contributed by atoms with E-state index < -0.39 is 0 Å². The predicted octanol–water partition coefficient (Wildman–Crippen LogP) is 10.2. The molecule has 0 radical (unpaired) electrons. The van der Waals surface area contributed by atoms with E-state index in [1.165, 1.54) is 54.6 Å². The SMILES string of the molecule is c1ccc(-c2ccc(Nc3ccc4cc(-c5ccccc5)c5ccccc5c4c3)c3ccccc23)cc1. The number of benzene rings is 7. The Bertz CT molecular complexity index is 1890. The van der Waals surface area contributed by atoms with E-state index in [-0.39, 0.29) is 0 Å². The van der Waals surface area contributed by atoms with E-state index in [9.17, 15) is 0 Å². The summed E-state index contributed by atoms with van der Waals surface area (Å²) >= 11 is 0. The van der Waals surface area contributed by atoms with Gasteiger partial charge in [0.05, 0.1) is 0 Å². The molecular weight excluding hydrogens is 446 g/mol. The van der Waals surface area contributed by atoms with Crippen molar-refractivity contribution in [3.05, 3.63) is 146 Å². The lowest BCUT2D eigenvalue weighted by molar-refractivity contribution is 1.59. The summed E-state index contributed by atoms with van der Waals surface area (Å²) in [4.78, 5) is 0. The highest BCUT2D eigenvalue weighted by atomic mass is 14.9. The molecule has 0 spiro atoms. The van der Waals surface area contributed by atoms with Crippen LogP contribution in [-0.2, 0) is 0 Å². The van der Waals surface area contributed by atoms with Crippen molar-refractivity contribution in [3.63, 3.8) is 0 Å². The Kier molecular flexibility index (Phi) is 5.19. The number of nitrogens with one attached hydrogen (secondary N) is 1. The van der Waals surface area contributed by atoms with E-state index in [1.807, 2.05) is 0 Å². The minimum absolute atomic E-state index is 1.09. The fourth-order valence-corrected chi connectivity index (χ4v) is 5.47. The Morgan fingerprint density at radius 2 is 0.919 bits per heavy atom. The lowest BCUT2D eigenvalue weighted by Crippen LogP contribution is -1.93. The standard InChI is InChI=1S/C36H25N/c1-3-11-25(12-4-1)29-21-22-36(33-18-10-9-15-30(29)33)37-28-20-19-27-23-34(26-13-5-2-6-14-26)31-16-7-8-17-32(31)35(27)24-28/h1-24,37H. The van der Waals surface area contributed by atoms with Crippen LogP contribution in [0.25, 0.3) is 54.6 Å². The Hall–Kier alpha value is -4.88. The van der Waals surface area contributed by atoms with Gasteiger partial charge in [-0.2, -0.15) is 0 Å². The fraction of sp³-hybridized carbons (Fsp3) is 0. The zero-order valence-electron chi connectivity index (χ0n) is 20.4. The van der Waals surface area contributed by atoms with E-state index in [0.29, 0.717) is 0 Å². The average molecular weight is 472 g/mol. The molecule has 0 heterocycles. The van der Waals surface area contributed by atoms with Crippen LogP contribution in [0.5, 0.6) is 0 Å². The van der Waals surface area contributed by atoms with Crippen molar-refractivity contribution in [1.82, 2.24) is 0 Å². The van der Waals surface area contributed by atoms with Crippen molar-refractivity contribution < 1.29 is 0 Å². The third-order valence-corrected chi connectivity index (χ3v) is 7.23. The largest absolute Gasteiger partial charge is 0.355 e. The van der Waals surface area contributed by atoms with Crippen molar-refractivity contribution in [2.45, 2.75) is 0 Å². The Morgan fingerprint density at radius 1 is 0.351 bits per heavy atom. The summed E-state index contributed by atoms with van der Waals surface area (Å²) < 4.78 is 0. The van der Waals surface area contributed by atoms with Crippen molar-refractivity contribution in [2.75, 3.05) is 5.32 Å². The van der Waals surface area contributed by atoms with Gasteiger partial charge < -0.3 is 5.32 Å². The molecule has 1 nitrogen and oxygen atoms in total. The second-order valence-corrected chi connectivity index (χ2v) is 9.47. The Morgan fingerprint density at radius 3 is 1.62 bits per heavy atom. The van der Waals surface area contributed by atoms with E-state index in [0.717, 1.165) is 11.4 Å². The van der Waals surface area contributed by atoms with Crippen LogP contribution in [0.4, 0.5) is 11.4 Å². The van der Waals surface area contributed by atoms with Crippen LogP contribution in [0.1, 0.15) is 0 Å². The van der Waals surface area contributed by atoms with Gasteiger partial charge in [-0.25, -0.2) is 0 Å². The van der Waals surface area contributed by atoms with Crippen LogP contribution in [0.2, 0.25) is 0 Å². The monoisotopic (exact) mass is 471 g/mol. The number of fused-ring (bicyclic) bond motifs is 4. The molecule has 0 saturated heterocycles. The van der Waals surface area contributed by atoms with Crippen LogP contribution in [0.3, 0.4) is 0 Å². The zero-order valence-corrected chi connectivity index (χ0v) is 20.4. The first kappa shape index (κ1) is 21.4. The van der Waals surface area contributed by atoms with Crippen LogP contribution >= 0.6 is 0 Å². The predicted molar refractivity (Wildman–Crippen MR) is 160 cm³/mol. The van der Waals surface area contributed by atoms with Crippen LogP contribution in [0, 0.1) is 0 Å². The highest BCUT2D eigenvalue weighted by Gasteiger charge is 2.11. The summed E-state index contributed by atoms with van der Waals surface area (Å²) in [6.45, 7) is 0. The van der Waals surface area contributed by atoms with Gasteiger partial charge in [-0.05, 0) is 73.5 Å². The van der Waals surface area contributed by atoms with E-state index in [4.69, 9.17) is 0 Å². The second-order valence-electron chi connectivity index (χ2n) is 9.47. The van der Waals surface area contributed by atoms with Gasteiger partial charge in [0, 0.05) is 16.8 Å². The highest BCUT2D eigenvalue weighted by molar-refractivity contribution is 6.14. The van der Waals surface area contributed by atoms with Gasteiger partial charge in [-0.1, -0.05) is 121 Å². The summed E-state index contributed by atoms with van der Waals surface area (Å²) in [6.07, 6.45) is 0. The minimum atomic E-state index is 1.09. The van der Waals surface area contributed by atoms with Gasteiger partial charge in [0.25, 0.3) is 0 Å². The Balaban J connectivity index is 1.35. The molecule has 174 valence electrons. The first-order valence-corrected chi connectivity index (χ1v) is 12.7. The lowest BCUT2D eigenvalue weighted by atomic mass is 9.93. The first-order valence-electron chi connectivity index (χ1n) is 12.7. The molecule has 0 amide bonds. The molecule has 0 aromatic heterocycles. The maximum Gasteiger partial charge on any atom is 0.0464 e. The van der Waals surface area contributed by atoms with E-state index in [1.54, 1.807) is 0 Å². The van der Waals surface area contributed by atoms with Gasteiger partial charge in [-0.3, -0.25) is 0 Å². The molecule has 0 aliphatic carbocycles. The van der Waals surface area contributed by atoms with Crippen molar-refractivity contribution in [2.24, 2.45) is 0 Å². The van der Waals surface area contributed by atoms with E-state index in [2.05, 4.69) is 151 Å². The maximum absolute atomic E-state index is 3.73. The van der Waals surface area contributed by atoms with E-state index >= 15 is 0 Å². The Labute approximate surface area is 216 Å². The second kappa shape index (κ2) is 8.96. The van der Waals surface area contributed by atoms with Gasteiger partial charge in [0.2, 0.25) is 0 Å². The molecule has 1 heteroatoms. The maximum atomic E-state index is 3.73. The van der Waals surface area contributed by atoms with Crippen LogP contribution in [0.15, 0.2) is 146 Å². The van der Waals surface area contributed by atoms with Gasteiger partial charge >= 0.3 is 0 Å².